The first-order chi connectivity index (χ1) is 10.3. The molecule has 0 atom stereocenters. The molecule has 0 unspecified atom stereocenters. The Hall–Kier alpha value is -2.32. The third-order valence-corrected chi connectivity index (χ3v) is 2.80. The maximum absolute atomic E-state index is 8.72. The van der Waals surface area contributed by atoms with Crippen molar-refractivity contribution in [2.24, 2.45) is 0 Å². The van der Waals surface area contributed by atoms with Gasteiger partial charge in [0.1, 0.15) is 18.7 Å². The van der Waals surface area contributed by atoms with Crippen LogP contribution in [0, 0.1) is 11.8 Å². The highest BCUT2D eigenvalue weighted by Crippen LogP contribution is 2.14. The van der Waals surface area contributed by atoms with E-state index in [1.54, 1.807) is 6.33 Å². The van der Waals surface area contributed by atoms with Gasteiger partial charge in [-0.3, -0.25) is 0 Å². The minimum atomic E-state index is 0.0796. The van der Waals surface area contributed by atoms with Crippen LogP contribution in [0.15, 0.2) is 30.6 Å². The second-order valence-corrected chi connectivity index (χ2v) is 4.49. The number of aliphatic hydroxyl groups is 1. The molecule has 0 fully saturated rings. The van der Waals surface area contributed by atoms with Crippen LogP contribution >= 0.6 is 0 Å². The van der Waals surface area contributed by atoms with Crippen molar-refractivity contribution in [3.8, 4) is 17.6 Å². The van der Waals surface area contributed by atoms with Crippen molar-refractivity contribution in [3.63, 3.8) is 0 Å². The summed E-state index contributed by atoms with van der Waals surface area (Å²) in [5.41, 5.74) is 0.871. The molecular formula is C16H19N3O2. The number of hydrogen-bond acceptors (Lipinski definition) is 4. The van der Waals surface area contributed by atoms with Crippen molar-refractivity contribution in [3.05, 3.63) is 42.0 Å². The molecule has 2 aromatic rings. The Labute approximate surface area is 124 Å². The van der Waals surface area contributed by atoms with E-state index in [0.29, 0.717) is 13.0 Å². The number of ether oxygens (including phenoxy) is 1. The predicted octanol–water partition coefficient (Wildman–Crippen LogP) is 2.00. The molecule has 21 heavy (non-hydrogen) atoms. The lowest BCUT2D eigenvalue weighted by Crippen LogP contribution is -2.08. The summed E-state index contributed by atoms with van der Waals surface area (Å²) in [6.07, 6.45) is 3.03. The van der Waals surface area contributed by atoms with E-state index in [-0.39, 0.29) is 6.61 Å². The van der Waals surface area contributed by atoms with Gasteiger partial charge in [-0.05, 0) is 24.6 Å². The zero-order valence-corrected chi connectivity index (χ0v) is 12.1. The van der Waals surface area contributed by atoms with E-state index in [0.717, 1.165) is 30.1 Å². The van der Waals surface area contributed by atoms with Gasteiger partial charge in [0, 0.05) is 18.5 Å². The first kappa shape index (κ1) is 15.1. The van der Waals surface area contributed by atoms with Crippen LogP contribution < -0.4 is 4.74 Å². The van der Waals surface area contributed by atoms with Crippen molar-refractivity contribution in [2.45, 2.75) is 32.9 Å². The third-order valence-electron chi connectivity index (χ3n) is 2.80. The average Bonchev–Trinajstić information content (AvgIpc) is 2.94. The zero-order chi connectivity index (χ0) is 14.9. The Morgan fingerprint density at radius 1 is 1.38 bits per heavy atom. The third kappa shape index (κ3) is 4.62. The summed E-state index contributed by atoms with van der Waals surface area (Å²) in [5, 5.41) is 12.9. The highest BCUT2D eigenvalue weighted by Gasteiger charge is 2.04. The van der Waals surface area contributed by atoms with Crippen molar-refractivity contribution >= 4 is 0 Å². The fourth-order valence-corrected chi connectivity index (χ4v) is 1.83. The van der Waals surface area contributed by atoms with Gasteiger partial charge in [0.2, 0.25) is 0 Å². The maximum Gasteiger partial charge on any atom is 0.164 e. The number of nitrogens with zero attached hydrogens (tertiary/aromatic N) is 3. The molecule has 0 saturated heterocycles. The molecule has 0 radical (unpaired) electrons. The van der Waals surface area contributed by atoms with Crippen molar-refractivity contribution < 1.29 is 9.84 Å². The molecule has 0 aliphatic rings. The molecule has 0 amide bonds. The highest BCUT2D eigenvalue weighted by atomic mass is 16.5. The SMILES string of the molecule is CCCn1ncnc1COc1cccc(C#CCCO)c1. The van der Waals surface area contributed by atoms with E-state index in [2.05, 4.69) is 28.8 Å². The fraction of sp³-hybridized carbons (Fsp3) is 0.375. The minimum Gasteiger partial charge on any atom is -0.486 e. The van der Waals surface area contributed by atoms with Gasteiger partial charge in [0.15, 0.2) is 5.82 Å². The second-order valence-electron chi connectivity index (χ2n) is 4.49. The van der Waals surface area contributed by atoms with Crippen LogP contribution in [-0.4, -0.2) is 26.5 Å². The molecule has 5 nitrogen and oxygen atoms in total. The summed E-state index contributed by atoms with van der Waals surface area (Å²) in [6, 6.07) is 7.58. The van der Waals surface area contributed by atoms with Gasteiger partial charge < -0.3 is 9.84 Å². The quantitative estimate of drug-likeness (QED) is 0.825. The highest BCUT2D eigenvalue weighted by molar-refractivity contribution is 5.39. The van der Waals surface area contributed by atoms with Crippen LogP contribution in [0.1, 0.15) is 31.2 Å². The minimum absolute atomic E-state index is 0.0796. The van der Waals surface area contributed by atoms with E-state index in [1.807, 2.05) is 28.9 Å². The molecule has 1 aromatic carbocycles. The summed E-state index contributed by atoms with van der Waals surface area (Å²) >= 11 is 0. The summed E-state index contributed by atoms with van der Waals surface area (Å²) in [5.74, 6) is 7.44. The van der Waals surface area contributed by atoms with Gasteiger partial charge in [-0.1, -0.05) is 24.8 Å². The molecule has 2 rings (SSSR count). The molecule has 110 valence electrons. The molecule has 0 aliphatic carbocycles. The van der Waals surface area contributed by atoms with Crippen LogP contribution in [0.5, 0.6) is 5.75 Å². The lowest BCUT2D eigenvalue weighted by atomic mass is 10.2. The normalized spacial score (nSPS) is 10.0. The molecule has 0 saturated carbocycles. The van der Waals surface area contributed by atoms with Gasteiger partial charge in [0.25, 0.3) is 0 Å². The van der Waals surface area contributed by atoms with Crippen molar-refractivity contribution in [1.29, 1.82) is 0 Å². The molecule has 0 bridgehead atoms. The summed E-state index contributed by atoms with van der Waals surface area (Å²) in [4.78, 5) is 4.20. The molecule has 1 heterocycles. The van der Waals surface area contributed by atoms with Gasteiger partial charge in [0.05, 0.1) is 6.61 Å². The first-order valence-electron chi connectivity index (χ1n) is 7.02. The molecule has 1 N–H and O–H groups in total. The molecule has 0 aliphatic heterocycles. The summed E-state index contributed by atoms with van der Waals surface area (Å²) < 4.78 is 7.60. The average molecular weight is 285 g/mol. The standard InChI is InChI=1S/C16H19N3O2/c1-2-9-19-16(17-13-18-19)12-21-15-8-5-7-14(11-15)6-3-4-10-20/h5,7-8,11,13,20H,2,4,9-10,12H2,1H3. The van der Waals surface area contributed by atoms with Gasteiger partial charge in [-0.15, -0.1) is 0 Å². The Kier molecular flexibility index (Phi) is 5.80. The van der Waals surface area contributed by atoms with Gasteiger partial charge in [-0.25, -0.2) is 9.67 Å². The van der Waals surface area contributed by atoms with E-state index in [9.17, 15) is 0 Å². The lowest BCUT2D eigenvalue weighted by Gasteiger charge is -2.07. The summed E-state index contributed by atoms with van der Waals surface area (Å²) in [6.45, 7) is 3.40. The zero-order valence-electron chi connectivity index (χ0n) is 12.1. The Balaban J connectivity index is 1.98. The monoisotopic (exact) mass is 285 g/mol. The molecule has 1 aromatic heterocycles. The Bertz CT molecular complexity index is 626. The van der Waals surface area contributed by atoms with E-state index >= 15 is 0 Å². The number of aryl methyl sites for hydroxylation is 1. The summed E-state index contributed by atoms with van der Waals surface area (Å²) in [7, 11) is 0. The van der Waals surface area contributed by atoms with Crippen LogP contribution in [0.4, 0.5) is 0 Å². The van der Waals surface area contributed by atoms with E-state index < -0.39 is 0 Å². The second kappa shape index (κ2) is 8.08. The largest absolute Gasteiger partial charge is 0.486 e. The molecule has 0 spiro atoms. The number of benzene rings is 1. The van der Waals surface area contributed by atoms with Gasteiger partial charge >= 0.3 is 0 Å². The maximum atomic E-state index is 8.72. The van der Waals surface area contributed by atoms with Crippen LogP contribution in [0.3, 0.4) is 0 Å². The van der Waals surface area contributed by atoms with E-state index in [4.69, 9.17) is 9.84 Å². The molecule has 5 heteroatoms. The smallest absolute Gasteiger partial charge is 0.164 e. The van der Waals surface area contributed by atoms with Crippen LogP contribution in [0.25, 0.3) is 0 Å². The number of hydrogen-bond donors (Lipinski definition) is 1. The van der Waals surface area contributed by atoms with Crippen LogP contribution in [-0.2, 0) is 13.2 Å². The van der Waals surface area contributed by atoms with E-state index in [1.165, 1.54) is 0 Å². The van der Waals surface area contributed by atoms with Gasteiger partial charge in [-0.2, -0.15) is 5.10 Å². The Morgan fingerprint density at radius 3 is 3.10 bits per heavy atom. The number of rotatable bonds is 6. The topological polar surface area (TPSA) is 60.2 Å². The van der Waals surface area contributed by atoms with Crippen LogP contribution in [0.2, 0.25) is 0 Å². The number of aliphatic hydroxyl groups excluding tert-OH is 1. The number of aromatic nitrogens is 3. The first-order valence-corrected chi connectivity index (χ1v) is 7.02. The predicted molar refractivity (Wildman–Crippen MR) is 79.7 cm³/mol. The fourth-order valence-electron chi connectivity index (χ4n) is 1.83. The Morgan fingerprint density at radius 2 is 2.29 bits per heavy atom. The van der Waals surface area contributed by atoms with Crippen molar-refractivity contribution in [2.75, 3.05) is 6.61 Å². The lowest BCUT2D eigenvalue weighted by molar-refractivity contribution is 0.286. The molecular weight excluding hydrogens is 266 g/mol. The van der Waals surface area contributed by atoms with Crippen molar-refractivity contribution in [1.82, 2.24) is 14.8 Å².